The third kappa shape index (κ3) is 2.98. The molecule has 1 aromatic carbocycles. The highest BCUT2D eigenvalue weighted by atomic mass is 32.2. The zero-order chi connectivity index (χ0) is 15.4. The molecule has 6 heteroatoms. The Bertz CT molecular complexity index is 777. The van der Waals surface area contributed by atoms with Crippen LogP contribution >= 0.6 is 11.9 Å². The van der Waals surface area contributed by atoms with Crippen molar-refractivity contribution in [1.82, 2.24) is 9.97 Å². The smallest absolute Gasteiger partial charge is 0.240 e. The van der Waals surface area contributed by atoms with Gasteiger partial charge in [-0.15, -0.1) is 0 Å². The monoisotopic (exact) mass is 312 g/mol. The number of nitrogens with zero attached hydrogens (tertiary/aromatic N) is 2. The highest BCUT2D eigenvalue weighted by Gasteiger charge is 2.07. The molecule has 0 atom stereocenters. The number of nitrogens with two attached hydrogens (primary N) is 1. The van der Waals surface area contributed by atoms with E-state index < -0.39 is 0 Å². The number of nitrogens with one attached hydrogen (secondary N) is 1. The van der Waals surface area contributed by atoms with E-state index in [1.165, 1.54) is 17.5 Å². The zero-order valence-electron chi connectivity index (χ0n) is 12.1. The van der Waals surface area contributed by atoms with Crippen LogP contribution in [0.3, 0.4) is 0 Å². The number of hydrogen-bond acceptors (Lipinski definition) is 6. The van der Waals surface area contributed by atoms with Gasteiger partial charge < -0.3 is 10.1 Å². The summed E-state index contributed by atoms with van der Waals surface area (Å²) in [5, 5.41) is 9.95. The molecule has 0 aliphatic carbocycles. The van der Waals surface area contributed by atoms with Crippen LogP contribution in [-0.2, 0) is 6.54 Å². The third-order valence-electron chi connectivity index (χ3n) is 3.36. The molecule has 0 spiro atoms. The quantitative estimate of drug-likeness (QED) is 0.705. The number of methoxy groups -OCH3 is 1. The lowest BCUT2D eigenvalue weighted by Gasteiger charge is -2.11. The second-order valence-electron chi connectivity index (χ2n) is 4.69. The molecule has 0 bridgehead atoms. The minimum atomic E-state index is 0.533. The van der Waals surface area contributed by atoms with Crippen LogP contribution in [0, 0.1) is 0 Å². The molecule has 3 rings (SSSR count). The summed E-state index contributed by atoms with van der Waals surface area (Å²) in [5.41, 5.74) is 2.94. The number of aromatic nitrogens is 2. The third-order valence-corrected chi connectivity index (χ3v) is 3.91. The fraction of sp³-hybridized carbons (Fsp3) is 0.125. The Balaban J connectivity index is 1.84. The maximum Gasteiger partial charge on any atom is 0.240 e. The van der Waals surface area contributed by atoms with Gasteiger partial charge in [-0.2, -0.15) is 0 Å². The Morgan fingerprint density at radius 3 is 2.59 bits per heavy atom. The first-order valence-corrected chi connectivity index (χ1v) is 7.67. The fourth-order valence-corrected chi connectivity index (χ4v) is 2.53. The van der Waals surface area contributed by atoms with Gasteiger partial charge in [-0.05, 0) is 41.8 Å². The van der Waals surface area contributed by atoms with Gasteiger partial charge in [0.15, 0.2) is 0 Å². The minimum absolute atomic E-state index is 0.533. The Morgan fingerprint density at radius 2 is 1.86 bits per heavy atom. The van der Waals surface area contributed by atoms with Crippen LogP contribution in [-0.4, -0.2) is 17.1 Å². The normalized spacial score (nSPS) is 10.6. The van der Waals surface area contributed by atoms with E-state index in [1.807, 2.05) is 24.3 Å². The lowest BCUT2D eigenvalue weighted by atomic mass is 10.2. The zero-order valence-corrected chi connectivity index (χ0v) is 12.9. The Hall–Kier alpha value is -2.31. The summed E-state index contributed by atoms with van der Waals surface area (Å²) in [6.45, 7) is 0.721. The second-order valence-corrected chi connectivity index (χ2v) is 5.40. The Morgan fingerprint density at radius 1 is 1.09 bits per heavy atom. The summed E-state index contributed by atoms with van der Waals surface area (Å²) >= 11 is 1.25. The molecule has 2 heterocycles. The van der Waals surface area contributed by atoms with E-state index in [0.717, 1.165) is 28.0 Å². The van der Waals surface area contributed by atoms with Gasteiger partial charge in [0.05, 0.1) is 7.11 Å². The number of anilines is 1. The van der Waals surface area contributed by atoms with Crippen LogP contribution in [0.15, 0.2) is 53.7 Å². The number of pyridine rings is 2. The molecule has 0 aliphatic rings. The molecule has 5 nitrogen and oxygen atoms in total. The predicted molar refractivity (Wildman–Crippen MR) is 89.9 cm³/mol. The summed E-state index contributed by atoms with van der Waals surface area (Å²) in [4.78, 5) is 9.57. The highest BCUT2D eigenvalue weighted by molar-refractivity contribution is 7.97. The van der Waals surface area contributed by atoms with Crippen molar-refractivity contribution in [3.8, 4) is 5.88 Å². The molecule has 112 valence electrons. The molecule has 0 radical (unpaired) electrons. The van der Waals surface area contributed by atoms with Crippen molar-refractivity contribution < 1.29 is 4.74 Å². The molecule has 0 aliphatic heterocycles. The summed E-state index contributed by atoms with van der Waals surface area (Å²) in [7, 11) is 1.60. The van der Waals surface area contributed by atoms with Crippen molar-refractivity contribution in [3.63, 3.8) is 0 Å². The average Bonchev–Trinajstić information content (AvgIpc) is 2.59. The number of ether oxygens (including phenoxy) is 1. The average molecular weight is 312 g/mol. The van der Waals surface area contributed by atoms with Crippen molar-refractivity contribution in [2.45, 2.75) is 11.4 Å². The van der Waals surface area contributed by atoms with Crippen molar-refractivity contribution in [2.24, 2.45) is 5.14 Å². The van der Waals surface area contributed by atoms with Gasteiger partial charge in [-0.25, -0.2) is 4.98 Å². The van der Waals surface area contributed by atoms with Crippen molar-refractivity contribution in [2.75, 3.05) is 12.4 Å². The molecule has 3 aromatic rings. The maximum atomic E-state index is 5.53. The molecule has 0 amide bonds. The lowest BCUT2D eigenvalue weighted by molar-refractivity contribution is 0.402. The van der Waals surface area contributed by atoms with Gasteiger partial charge >= 0.3 is 0 Å². The van der Waals surface area contributed by atoms with E-state index in [4.69, 9.17) is 9.88 Å². The first-order valence-electron chi connectivity index (χ1n) is 6.79. The first-order chi connectivity index (χ1) is 10.8. The molecule has 2 aromatic heterocycles. The van der Waals surface area contributed by atoms with Gasteiger partial charge in [0.2, 0.25) is 5.88 Å². The van der Waals surface area contributed by atoms with Crippen molar-refractivity contribution in [3.05, 3.63) is 54.4 Å². The molecule has 0 unspecified atom stereocenters. The van der Waals surface area contributed by atoms with Crippen LogP contribution in [0.5, 0.6) is 5.88 Å². The van der Waals surface area contributed by atoms with Crippen LogP contribution < -0.4 is 15.2 Å². The number of hydrogen-bond donors (Lipinski definition) is 2. The molecule has 22 heavy (non-hydrogen) atoms. The molecule has 0 fully saturated rings. The largest absolute Gasteiger partial charge is 0.479 e. The van der Waals surface area contributed by atoms with Crippen LogP contribution in [0.25, 0.3) is 10.9 Å². The summed E-state index contributed by atoms with van der Waals surface area (Å²) in [6, 6.07) is 12.0. The molecule has 3 N–H and O–H groups in total. The first kappa shape index (κ1) is 14.6. The molecule has 0 saturated heterocycles. The maximum absolute atomic E-state index is 5.53. The topological polar surface area (TPSA) is 73.1 Å². The highest BCUT2D eigenvalue weighted by Crippen LogP contribution is 2.27. The summed E-state index contributed by atoms with van der Waals surface area (Å²) < 4.78 is 5.26. The SMILES string of the molecule is COc1nccc2c(NCc3ccc(SN)cc3)ccnc12. The summed E-state index contributed by atoms with van der Waals surface area (Å²) in [5.74, 6) is 0.533. The van der Waals surface area contributed by atoms with Gasteiger partial charge in [-0.1, -0.05) is 12.1 Å². The van der Waals surface area contributed by atoms with Crippen molar-refractivity contribution in [1.29, 1.82) is 0 Å². The Kier molecular flexibility index (Phi) is 4.41. The van der Waals surface area contributed by atoms with E-state index in [2.05, 4.69) is 27.4 Å². The number of benzene rings is 1. The van der Waals surface area contributed by atoms with Crippen LogP contribution in [0.4, 0.5) is 5.69 Å². The molecule has 0 saturated carbocycles. The van der Waals surface area contributed by atoms with Gasteiger partial charge in [0, 0.05) is 34.9 Å². The molecular weight excluding hydrogens is 296 g/mol. The van der Waals surface area contributed by atoms with E-state index in [1.54, 1.807) is 19.5 Å². The minimum Gasteiger partial charge on any atom is -0.479 e. The van der Waals surface area contributed by atoms with E-state index in [9.17, 15) is 0 Å². The van der Waals surface area contributed by atoms with Gasteiger partial charge in [0.25, 0.3) is 0 Å². The fourth-order valence-electron chi connectivity index (χ4n) is 2.24. The van der Waals surface area contributed by atoms with Gasteiger partial charge in [0.1, 0.15) is 5.52 Å². The van der Waals surface area contributed by atoms with Crippen LogP contribution in [0.2, 0.25) is 0 Å². The predicted octanol–water partition coefficient (Wildman–Crippen LogP) is 3.22. The number of rotatable bonds is 5. The van der Waals surface area contributed by atoms with E-state index >= 15 is 0 Å². The van der Waals surface area contributed by atoms with Crippen LogP contribution in [0.1, 0.15) is 5.56 Å². The van der Waals surface area contributed by atoms with E-state index in [-0.39, 0.29) is 0 Å². The number of fused-ring (bicyclic) bond motifs is 1. The second kappa shape index (κ2) is 6.64. The van der Waals surface area contributed by atoms with Crippen molar-refractivity contribution >= 4 is 28.5 Å². The standard InChI is InChI=1S/C16H16N4OS/c1-21-16-15-13(6-8-19-16)14(7-9-18-15)20-10-11-2-4-12(22-17)5-3-11/h2-9H,10,17H2,1H3,(H,18,20). The lowest BCUT2D eigenvalue weighted by Crippen LogP contribution is -2.01. The van der Waals surface area contributed by atoms with Gasteiger partial charge in [-0.3, -0.25) is 10.1 Å². The van der Waals surface area contributed by atoms with E-state index in [0.29, 0.717) is 5.88 Å². The summed E-state index contributed by atoms with van der Waals surface area (Å²) in [6.07, 6.45) is 3.48. The Labute approximate surface area is 133 Å². The molecular formula is C16H16N4OS.